The van der Waals surface area contributed by atoms with E-state index in [-0.39, 0.29) is 59.1 Å². The number of aryl methyl sites for hydroxylation is 1. The van der Waals surface area contributed by atoms with E-state index in [1.807, 2.05) is 13.8 Å². The number of benzene rings is 1. The number of hydrogen-bond acceptors (Lipinski definition) is 24. The summed E-state index contributed by atoms with van der Waals surface area (Å²) in [6.45, 7) is 4.64. The van der Waals surface area contributed by atoms with Crippen LogP contribution >= 0.6 is 68.0 Å². The number of aliphatic hydroxyl groups is 1. The predicted molar refractivity (Wildman–Crippen MR) is 341 cm³/mol. The molecular formula is C59H59N13O13S6. The SMILES string of the molecule is CNC(=O)C[C@@H]1NC(=O)c2csc(n2)-c2ccc(-c3nc(N(C/C=C/C(=O)O)C(=O)OC4CCC(C(=O)O)CC4)cs3)nc2-c2csc(n2)-c2csc(n2)[C@H]([C@@H](O)c2ccccc2)NC(=O)CNC(=O)c2nc(sc2COC)C(C(C)C)NC(=O)c2nc1sc2C. The number of aliphatic hydroxyl groups excluding tert-OH is 1. The normalized spacial score (nSPS) is 18.6. The van der Waals surface area contributed by atoms with Crippen molar-refractivity contribution in [3.05, 3.63) is 124 Å². The summed E-state index contributed by atoms with van der Waals surface area (Å²) in [5, 5.41) is 53.6. The lowest BCUT2D eigenvalue weighted by atomic mass is 9.87. The maximum Gasteiger partial charge on any atom is 0.416 e. The van der Waals surface area contributed by atoms with E-state index in [1.54, 1.807) is 70.9 Å². The van der Waals surface area contributed by atoms with Crippen molar-refractivity contribution in [2.24, 2.45) is 11.8 Å². The van der Waals surface area contributed by atoms with Crippen LogP contribution in [0.1, 0.15) is 132 Å². The first-order chi connectivity index (χ1) is 43.7. The zero-order chi connectivity index (χ0) is 64.6. The molecule has 4 atom stereocenters. The molecule has 6 amide bonds. The van der Waals surface area contributed by atoms with Crippen LogP contribution in [-0.2, 0) is 35.3 Å². The Morgan fingerprint density at radius 2 is 1.42 bits per heavy atom. The molecule has 0 radical (unpaired) electrons. The molecule has 0 saturated heterocycles. The van der Waals surface area contributed by atoms with Gasteiger partial charge in [0, 0.05) is 58.7 Å². The number of aliphatic carboxylic acids is 2. The van der Waals surface area contributed by atoms with E-state index in [1.165, 1.54) is 36.5 Å². The molecule has 0 spiro atoms. The summed E-state index contributed by atoms with van der Waals surface area (Å²) in [7, 11) is 2.91. The minimum Gasteiger partial charge on any atom is -0.481 e. The highest BCUT2D eigenvalue weighted by Gasteiger charge is 2.34. The lowest BCUT2D eigenvalue weighted by Crippen LogP contribution is -2.40. The number of carboxylic acid groups (broad SMARTS) is 2. The number of aromatic nitrogens is 7. The fraction of sp³-hybridized carbons (Fsp3) is 0.339. The molecule has 474 valence electrons. The van der Waals surface area contributed by atoms with Crippen LogP contribution in [0.4, 0.5) is 10.6 Å². The summed E-state index contributed by atoms with van der Waals surface area (Å²) >= 11 is 6.91. The van der Waals surface area contributed by atoms with Gasteiger partial charge < -0.3 is 51.4 Å². The standard InChI is InChI=1S/C59H59N13O13S6/c1-27(2)43-57-71-46(38(91-57)22-84-5)50(79)61-21-41(74)68-47(48(77)29-10-7-6-8-11-29)56-66-37(25-88-56)54-64-35(23-87-54)45-32(52-65-36(24-86-52)49(78)63-34(20-40(73)60-4)55-70-44(28(3)90-55)51(80)69-43)17-18-33(62-45)53-67-39(26-89-53)72(19-9-12-42(75)76)59(83)85-31-15-13-30(14-16-31)58(81)82/h6-12,17-18,23-27,30-31,34,43,47-48,77H,13-16,19-22H2,1-5H3,(H,60,73)(H,61,79)(H,63,78)(H,68,74)(H,69,80)(H,75,76)(H,81,82)/b12-9+/t30?,31?,34-,43?,47-,48-/m0/s1. The van der Waals surface area contributed by atoms with Crippen LogP contribution in [0, 0.1) is 18.8 Å². The number of hydrogen-bond donors (Lipinski definition) is 8. The van der Waals surface area contributed by atoms with Crippen LogP contribution in [-0.4, -0.2) is 131 Å². The molecule has 32 heteroatoms. The van der Waals surface area contributed by atoms with Crippen LogP contribution in [0.25, 0.3) is 43.4 Å². The molecule has 8 aromatic rings. The van der Waals surface area contributed by atoms with Crippen LogP contribution in [0.3, 0.4) is 0 Å². The van der Waals surface area contributed by atoms with Gasteiger partial charge in [-0.15, -0.1) is 68.0 Å². The second-order valence-corrected chi connectivity index (χ2v) is 27.0. The number of methoxy groups -OCH3 is 1. The topological polar surface area (TPSA) is 369 Å². The molecule has 10 bridgehead atoms. The van der Waals surface area contributed by atoms with E-state index in [2.05, 4.69) is 36.6 Å². The van der Waals surface area contributed by atoms with E-state index >= 15 is 0 Å². The minimum atomic E-state index is -1.31. The largest absolute Gasteiger partial charge is 0.481 e. The first kappa shape index (κ1) is 65.3. The number of nitrogens with one attached hydrogen (secondary N) is 5. The number of fused-ring (bicyclic) bond motifs is 14. The molecule has 1 unspecified atom stereocenters. The second kappa shape index (κ2) is 29.1. The number of nitrogens with zero attached hydrogens (tertiary/aromatic N) is 8. The van der Waals surface area contributed by atoms with Crippen molar-refractivity contribution in [3.8, 4) is 43.4 Å². The second-order valence-electron chi connectivity index (χ2n) is 21.2. The Bertz CT molecular complexity index is 4050. The van der Waals surface area contributed by atoms with Crippen molar-refractivity contribution in [1.82, 2.24) is 61.5 Å². The number of rotatable bonds is 14. The first-order valence-corrected chi connectivity index (χ1v) is 33.4. The van der Waals surface area contributed by atoms with Crippen molar-refractivity contribution in [2.75, 3.05) is 32.1 Å². The van der Waals surface area contributed by atoms with E-state index in [4.69, 9.17) is 34.4 Å². The van der Waals surface area contributed by atoms with Gasteiger partial charge in [-0.1, -0.05) is 50.3 Å². The van der Waals surface area contributed by atoms with Crippen LogP contribution < -0.4 is 31.5 Å². The lowest BCUT2D eigenvalue weighted by Gasteiger charge is -2.28. The van der Waals surface area contributed by atoms with Crippen molar-refractivity contribution >= 4 is 121 Å². The first-order valence-electron chi connectivity index (χ1n) is 28.3. The number of ether oxygens (including phenoxy) is 2. The maximum atomic E-state index is 14.4. The molecule has 91 heavy (non-hydrogen) atoms. The van der Waals surface area contributed by atoms with Gasteiger partial charge in [-0.25, -0.2) is 44.5 Å². The Hall–Kier alpha value is -8.63. The molecule has 1 fully saturated rings. The third kappa shape index (κ3) is 15.4. The zero-order valence-corrected chi connectivity index (χ0v) is 54.1. The van der Waals surface area contributed by atoms with Gasteiger partial charge in [-0.05, 0) is 56.2 Å². The number of pyridine rings is 1. The molecular weight excluding hydrogens is 1290 g/mol. The molecule has 1 aliphatic heterocycles. The number of amides is 6. The molecule has 2 aliphatic rings. The van der Waals surface area contributed by atoms with Gasteiger partial charge in [-0.2, -0.15) is 0 Å². The fourth-order valence-corrected chi connectivity index (χ4v) is 15.4. The average Bonchev–Trinajstić information content (AvgIpc) is 1.75. The van der Waals surface area contributed by atoms with Gasteiger partial charge in [0.25, 0.3) is 17.7 Å². The molecule has 10 rings (SSSR count). The van der Waals surface area contributed by atoms with E-state index in [0.29, 0.717) is 88.7 Å². The van der Waals surface area contributed by atoms with Gasteiger partial charge in [0.15, 0.2) is 0 Å². The molecule has 8 heterocycles. The highest BCUT2D eigenvalue weighted by Crippen LogP contribution is 2.41. The summed E-state index contributed by atoms with van der Waals surface area (Å²) in [6.07, 6.45) is 0.497. The van der Waals surface area contributed by atoms with Gasteiger partial charge in [0.1, 0.15) is 88.3 Å². The summed E-state index contributed by atoms with van der Waals surface area (Å²) < 4.78 is 11.3. The number of thiazole rings is 6. The van der Waals surface area contributed by atoms with Gasteiger partial charge in [0.05, 0.1) is 48.1 Å². The Labute approximate surface area is 543 Å². The number of carbonyl (C=O) groups excluding carboxylic acids is 6. The predicted octanol–water partition coefficient (Wildman–Crippen LogP) is 8.54. The van der Waals surface area contributed by atoms with Crippen LogP contribution in [0.15, 0.2) is 76.1 Å². The number of anilines is 1. The summed E-state index contributed by atoms with van der Waals surface area (Å²) in [4.78, 5) is 143. The number of carbonyl (C=O) groups is 8. The highest BCUT2D eigenvalue weighted by atomic mass is 32.1. The molecule has 26 nitrogen and oxygen atoms in total. The van der Waals surface area contributed by atoms with Crippen molar-refractivity contribution < 1.29 is 63.1 Å². The summed E-state index contributed by atoms with van der Waals surface area (Å²) in [6, 6.07) is 9.18. The quantitative estimate of drug-likeness (QED) is 0.0472. The minimum absolute atomic E-state index is 0.0167. The van der Waals surface area contributed by atoms with Crippen molar-refractivity contribution in [1.29, 1.82) is 0 Å². The van der Waals surface area contributed by atoms with Crippen molar-refractivity contribution in [3.63, 3.8) is 0 Å². The fourth-order valence-electron chi connectivity index (χ4n) is 9.85. The van der Waals surface area contributed by atoms with Gasteiger partial charge >= 0.3 is 18.0 Å². The van der Waals surface area contributed by atoms with Crippen LogP contribution in [0.5, 0.6) is 0 Å². The monoisotopic (exact) mass is 1350 g/mol. The molecule has 7 aromatic heterocycles. The number of carboxylic acids is 2. The summed E-state index contributed by atoms with van der Waals surface area (Å²) in [5.41, 5.74) is 2.22. The maximum absolute atomic E-state index is 14.4. The Morgan fingerprint density at radius 1 is 0.714 bits per heavy atom. The van der Waals surface area contributed by atoms with Crippen molar-refractivity contribution in [2.45, 2.75) is 89.8 Å². The highest BCUT2D eigenvalue weighted by molar-refractivity contribution is 7.15. The Balaban J connectivity index is 1.04. The third-order valence-electron chi connectivity index (χ3n) is 14.6. The van der Waals surface area contributed by atoms with E-state index in [0.717, 1.165) is 62.8 Å². The van der Waals surface area contributed by atoms with Crippen LogP contribution in [0.2, 0.25) is 0 Å². The smallest absolute Gasteiger partial charge is 0.416 e. The molecule has 1 aliphatic carbocycles. The summed E-state index contributed by atoms with van der Waals surface area (Å²) in [5.74, 6) is -5.87. The zero-order valence-electron chi connectivity index (χ0n) is 49.2. The Morgan fingerprint density at radius 3 is 2.14 bits per heavy atom. The third-order valence-corrected chi connectivity index (χ3v) is 20.3. The molecule has 1 aromatic carbocycles. The average molecular weight is 1350 g/mol. The van der Waals surface area contributed by atoms with E-state index < -0.39 is 90.4 Å². The van der Waals surface area contributed by atoms with Gasteiger partial charge in [-0.3, -0.25) is 33.7 Å². The Kier molecular flexibility index (Phi) is 20.9. The lowest BCUT2D eigenvalue weighted by molar-refractivity contribution is -0.143. The molecule has 8 N–H and O–H groups in total. The molecule has 1 saturated carbocycles. The van der Waals surface area contributed by atoms with E-state index in [9.17, 15) is 53.7 Å². The van der Waals surface area contributed by atoms with Gasteiger partial charge in [0.2, 0.25) is 11.8 Å².